The molecule has 0 aliphatic carbocycles. The summed E-state index contributed by atoms with van der Waals surface area (Å²) in [5, 5.41) is 0. The first kappa shape index (κ1) is 13.6. The van der Waals surface area contributed by atoms with Crippen LogP contribution in [0.3, 0.4) is 0 Å². The van der Waals surface area contributed by atoms with Gasteiger partial charge in [0.2, 0.25) is 0 Å². The van der Waals surface area contributed by atoms with Crippen LogP contribution in [0, 0.1) is 0 Å². The van der Waals surface area contributed by atoms with Crippen molar-refractivity contribution in [3.63, 3.8) is 0 Å². The average molecular weight is 255 g/mol. The van der Waals surface area contributed by atoms with Gasteiger partial charge in [-0.15, -0.1) is 0 Å². The maximum absolute atomic E-state index is 5.98. The third-order valence-electron chi connectivity index (χ3n) is 3.38. The van der Waals surface area contributed by atoms with Crippen LogP contribution in [0.25, 0.3) is 11.1 Å². The normalized spacial score (nSPS) is 12.2. The Kier molecular flexibility index (Phi) is 4.58. The van der Waals surface area contributed by atoms with Crippen molar-refractivity contribution in [2.24, 2.45) is 5.73 Å². The lowest BCUT2D eigenvalue weighted by molar-refractivity contribution is 0.415. The monoisotopic (exact) mass is 255 g/mol. The molecule has 0 saturated heterocycles. The molecule has 0 amide bonds. The van der Waals surface area contributed by atoms with Crippen LogP contribution in [0.5, 0.6) is 5.75 Å². The van der Waals surface area contributed by atoms with Gasteiger partial charge < -0.3 is 10.5 Å². The quantitative estimate of drug-likeness (QED) is 0.885. The van der Waals surface area contributed by atoms with Crippen LogP contribution in [0.1, 0.15) is 18.9 Å². The summed E-state index contributed by atoms with van der Waals surface area (Å²) in [5.41, 5.74) is 9.64. The van der Waals surface area contributed by atoms with Gasteiger partial charge in [0.05, 0.1) is 7.11 Å². The lowest BCUT2D eigenvalue weighted by Crippen LogP contribution is -2.21. The molecule has 0 aromatic heterocycles. The fourth-order valence-corrected chi connectivity index (χ4v) is 2.08. The molecule has 1 atom stereocenters. The number of hydrogen-bond acceptors (Lipinski definition) is 2. The lowest BCUT2D eigenvalue weighted by Gasteiger charge is -2.10. The van der Waals surface area contributed by atoms with Crippen molar-refractivity contribution < 1.29 is 4.74 Å². The minimum absolute atomic E-state index is 0.252. The number of rotatable bonds is 5. The predicted octanol–water partition coefficient (Wildman–Crippen LogP) is 3.64. The van der Waals surface area contributed by atoms with Gasteiger partial charge in [0.15, 0.2) is 0 Å². The highest BCUT2D eigenvalue weighted by molar-refractivity contribution is 5.65. The smallest absolute Gasteiger partial charge is 0.119 e. The molecule has 0 spiro atoms. The fraction of sp³-hybridized carbons (Fsp3) is 0.294. The Hall–Kier alpha value is -1.80. The molecule has 0 heterocycles. The Morgan fingerprint density at radius 1 is 1.05 bits per heavy atom. The van der Waals surface area contributed by atoms with Crippen LogP contribution in [0.2, 0.25) is 0 Å². The highest BCUT2D eigenvalue weighted by atomic mass is 16.5. The molecule has 2 nitrogen and oxygen atoms in total. The molecule has 0 bridgehead atoms. The number of methoxy groups -OCH3 is 1. The summed E-state index contributed by atoms with van der Waals surface area (Å²) in [6, 6.07) is 17.0. The Morgan fingerprint density at radius 3 is 2.42 bits per heavy atom. The first-order chi connectivity index (χ1) is 9.22. The fourth-order valence-electron chi connectivity index (χ4n) is 2.08. The molecule has 2 aromatic rings. The molecule has 2 heteroatoms. The highest BCUT2D eigenvalue weighted by Crippen LogP contribution is 2.24. The van der Waals surface area contributed by atoms with Crippen molar-refractivity contribution in [2.45, 2.75) is 25.8 Å². The standard InChI is InChI=1S/C17H21NO/c1-3-16(18)11-13-7-9-14(10-8-13)15-5-4-6-17(12-15)19-2/h4-10,12,16H,3,11,18H2,1-2H3. The summed E-state index contributed by atoms with van der Waals surface area (Å²) in [4.78, 5) is 0. The van der Waals surface area contributed by atoms with Crippen LogP contribution >= 0.6 is 0 Å². The number of ether oxygens (including phenoxy) is 1. The van der Waals surface area contributed by atoms with Gasteiger partial charge in [-0.05, 0) is 41.7 Å². The molecule has 100 valence electrons. The molecule has 0 saturated carbocycles. The van der Waals surface area contributed by atoms with Crippen LogP contribution in [0.15, 0.2) is 48.5 Å². The molecule has 2 rings (SSSR count). The van der Waals surface area contributed by atoms with E-state index in [2.05, 4.69) is 37.3 Å². The van der Waals surface area contributed by atoms with E-state index >= 15 is 0 Å². The molecule has 0 aliphatic heterocycles. The van der Waals surface area contributed by atoms with Crippen molar-refractivity contribution in [2.75, 3.05) is 7.11 Å². The van der Waals surface area contributed by atoms with Gasteiger partial charge in [0.25, 0.3) is 0 Å². The molecule has 2 N–H and O–H groups in total. The van der Waals surface area contributed by atoms with Crippen LogP contribution in [-0.4, -0.2) is 13.2 Å². The molecular weight excluding hydrogens is 234 g/mol. The van der Waals surface area contributed by atoms with Crippen molar-refractivity contribution in [1.82, 2.24) is 0 Å². The van der Waals surface area contributed by atoms with Gasteiger partial charge in [0.1, 0.15) is 5.75 Å². The highest BCUT2D eigenvalue weighted by Gasteiger charge is 2.03. The Bertz CT molecular complexity index is 519. The zero-order chi connectivity index (χ0) is 13.7. The number of benzene rings is 2. The van der Waals surface area contributed by atoms with Crippen molar-refractivity contribution >= 4 is 0 Å². The van der Waals surface area contributed by atoms with E-state index in [0.29, 0.717) is 0 Å². The molecule has 0 radical (unpaired) electrons. The van der Waals surface area contributed by atoms with Crippen LogP contribution in [-0.2, 0) is 6.42 Å². The summed E-state index contributed by atoms with van der Waals surface area (Å²) in [6.07, 6.45) is 1.95. The minimum atomic E-state index is 0.252. The minimum Gasteiger partial charge on any atom is -0.497 e. The Labute approximate surface area is 115 Å². The summed E-state index contributed by atoms with van der Waals surface area (Å²) in [5.74, 6) is 0.884. The summed E-state index contributed by atoms with van der Waals surface area (Å²) >= 11 is 0. The Balaban J connectivity index is 2.17. The van der Waals surface area contributed by atoms with E-state index in [9.17, 15) is 0 Å². The number of hydrogen-bond donors (Lipinski definition) is 1. The van der Waals surface area contributed by atoms with Gasteiger partial charge in [0, 0.05) is 6.04 Å². The van der Waals surface area contributed by atoms with E-state index in [1.54, 1.807) is 7.11 Å². The van der Waals surface area contributed by atoms with E-state index in [4.69, 9.17) is 10.5 Å². The van der Waals surface area contributed by atoms with Crippen molar-refractivity contribution in [1.29, 1.82) is 0 Å². The van der Waals surface area contributed by atoms with E-state index < -0.39 is 0 Å². The Morgan fingerprint density at radius 2 is 1.79 bits per heavy atom. The molecule has 0 fully saturated rings. The van der Waals surface area contributed by atoms with Gasteiger partial charge in [-0.25, -0.2) is 0 Å². The molecular formula is C17H21NO. The zero-order valence-corrected chi connectivity index (χ0v) is 11.6. The van der Waals surface area contributed by atoms with E-state index in [1.807, 2.05) is 18.2 Å². The second kappa shape index (κ2) is 6.39. The average Bonchev–Trinajstić information content (AvgIpc) is 2.48. The first-order valence-electron chi connectivity index (χ1n) is 6.72. The summed E-state index contributed by atoms with van der Waals surface area (Å²) < 4.78 is 5.25. The zero-order valence-electron chi connectivity index (χ0n) is 11.6. The molecule has 1 unspecified atom stereocenters. The third-order valence-corrected chi connectivity index (χ3v) is 3.38. The van der Waals surface area contributed by atoms with Crippen LogP contribution < -0.4 is 10.5 Å². The maximum Gasteiger partial charge on any atom is 0.119 e. The molecule has 2 aromatic carbocycles. The maximum atomic E-state index is 5.98. The van der Waals surface area contributed by atoms with Crippen molar-refractivity contribution in [3.8, 4) is 16.9 Å². The van der Waals surface area contributed by atoms with Gasteiger partial charge in [-0.3, -0.25) is 0 Å². The summed E-state index contributed by atoms with van der Waals surface area (Å²) in [6.45, 7) is 2.12. The van der Waals surface area contributed by atoms with Gasteiger partial charge in [-0.2, -0.15) is 0 Å². The predicted molar refractivity (Wildman–Crippen MR) is 80.4 cm³/mol. The number of nitrogens with two attached hydrogens (primary N) is 1. The molecule has 19 heavy (non-hydrogen) atoms. The van der Waals surface area contributed by atoms with Crippen LogP contribution in [0.4, 0.5) is 0 Å². The van der Waals surface area contributed by atoms with E-state index in [1.165, 1.54) is 16.7 Å². The molecule has 0 aliphatic rings. The first-order valence-corrected chi connectivity index (χ1v) is 6.72. The van der Waals surface area contributed by atoms with Gasteiger partial charge in [-0.1, -0.05) is 43.3 Å². The lowest BCUT2D eigenvalue weighted by atomic mass is 10.00. The topological polar surface area (TPSA) is 35.2 Å². The summed E-state index contributed by atoms with van der Waals surface area (Å²) in [7, 11) is 1.69. The SMILES string of the molecule is CCC(N)Cc1ccc(-c2cccc(OC)c2)cc1. The van der Waals surface area contributed by atoms with Crippen molar-refractivity contribution in [3.05, 3.63) is 54.1 Å². The van der Waals surface area contributed by atoms with Gasteiger partial charge >= 0.3 is 0 Å². The van der Waals surface area contributed by atoms with E-state index in [-0.39, 0.29) is 6.04 Å². The second-order valence-electron chi connectivity index (χ2n) is 4.80. The van der Waals surface area contributed by atoms with E-state index in [0.717, 1.165) is 18.6 Å². The second-order valence-corrected chi connectivity index (χ2v) is 4.80. The largest absolute Gasteiger partial charge is 0.497 e. The third kappa shape index (κ3) is 3.58.